The lowest BCUT2D eigenvalue weighted by Crippen LogP contribution is -2.42. The summed E-state index contributed by atoms with van der Waals surface area (Å²) < 4.78 is 4.91. The summed E-state index contributed by atoms with van der Waals surface area (Å²) in [4.78, 5) is 18.4. The summed E-state index contributed by atoms with van der Waals surface area (Å²) in [6.45, 7) is 8.69. The summed E-state index contributed by atoms with van der Waals surface area (Å²) in [7, 11) is 3.24. The number of nitrogens with zero attached hydrogens (tertiary/aromatic N) is 2. The van der Waals surface area contributed by atoms with Crippen LogP contribution in [0.4, 0.5) is 0 Å². The summed E-state index contributed by atoms with van der Waals surface area (Å²) in [5.41, 5.74) is 2.60. The first-order chi connectivity index (χ1) is 11.5. The third kappa shape index (κ3) is 5.59. The topological polar surface area (TPSA) is 53.9 Å². The molecule has 1 aromatic rings. The molecular weight excluding hydrogens is 429 g/mol. The Morgan fingerprint density at radius 1 is 1.44 bits per heavy atom. The molecule has 0 spiro atoms. The predicted octanol–water partition coefficient (Wildman–Crippen LogP) is 3.03. The van der Waals surface area contributed by atoms with Crippen molar-refractivity contribution in [3.05, 3.63) is 35.4 Å². The molecule has 0 radical (unpaired) electrons. The second-order valence-electron chi connectivity index (χ2n) is 6.76. The van der Waals surface area contributed by atoms with Crippen LogP contribution in [0.2, 0.25) is 0 Å². The van der Waals surface area contributed by atoms with E-state index < -0.39 is 0 Å². The van der Waals surface area contributed by atoms with Gasteiger partial charge in [0.25, 0.3) is 0 Å². The molecule has 0 aromatic heterocycles. The molecule has 0 aliphatic carbocycles. The molecular formula is C19H30IN3O2. The lowest BCUT2D eigenvalue weighted by Gasteiger charge is -2.23. The van der Waals surface area contributed by atoms with Crippen LogP contribution in [0.1, 0.15) is 30.9 Å². The smallest absolute Gasteiger partial charge is 0.310 e. The number of hydrogen-bond donors (Lipinski definition) is 1. The number of halogens is 1. The Labute approximate surface area is 168 Å². The molecule has 140 valence electrons. The van der Waals surface area contributed by atoms with Gasteiger partial charge in [-0.3, -0.25) is 9.79 Å². The van der Waals surface area contributed by atoms with Gasteiger partial charge in [0.15, 0.2) is 5.96 Å². The van der Waals surface area contributed by atoms with Gasteiger partial charge in [-0.1, -0.05) is 43.7 Å². The molecule has 2 rings (SSSR count). The summed E-state index contributed by atoms with van der Waals surface area (Å²) in [6, 6.07) is 8.59. The van der Waals surface area contributed by atoms with E-state index in [9.17, 15) is 4.79 Å². The molecule has 1 saturated heterocycles. The van der Waals surface area contributed by atoms with Crippen LogP contribution < -0.4 is 5.32 Å². The third-order valence-electron chi connectivity index (χ3n) is 4.81. The number of methoxy groups -OCH3 is 1. The number of guanidine groups is 1. The molecule has 0 bridgehead atoms. The maximum absolute atomic E-state index is 11.9. The number of hydrogen-bond acceptors (Lipinski definition) is 3. The highest BCUT2D eigenvalue weighted by atomic mass is 127. The van der Waals surface area contributed by atoms with Crippen LogP contribution in [0, 0.1) is 18.8 Å². The van der Waals surface area contributed by atoms with Crippen LogP contribution in [0.15, 0.2) is 29.3 Å². The predicted molar refractivity (Wildman–Crippen MR) is 113 cm³/mol. The number of esters is 1. The van der Waals surface area contributed by atoms with Crippen molar-refractivity contribution < 1.29 is 9.53 Å². The number of carbonyl (C=O) groups is 1. The minimum atomic E-state index is -0.131. The fraction of sp³-hybridized carbons (Fsp3) is 0.579. The van der Waals surface area contributed by atoms with Crippen molar-refractivity contribution in [3.8, 4) is 0 Å². The van der Waals surface area contributed by atoms with E-state index in [0.717, 1.165) is 19.0 Å². The maximum Gasteiger partial charge on any atom is 0.310 e. The SMILES string of the molecule is CN=C(NCC(C)c1cccc(C)c1)N1CC(C)C(C(=O)OC)C1.I. The third-order valence-corrected chi connectivity index (χ3v) is 4.81. The molecule has 0 amide bonds. The van der Waals surface area contributed by atoms with Crippen molar-refractivity contribution >= 4 is 35.9 Å². The zero-order valence-corrected chi connectivity index (χ0v) is 18.1. The number of rotatable bonds is 4. The van der Waals surface area contributed by atoms with Gasteiger partial charge in [0.05, 0.1) is 13.0 Å². The first kappa shape index (κ1) is 21.7. The Kier molecular flexibility index (Phi) is 8.68. The van der Waals surface area contributed by atoms with Gasteiger partial charge < -0.3 is 15.0 Å². The molecule has 3 atom stereocenters. The lowest BCUT2D eigenvalue weighted by molar-refractivity contribution is -0.145. The van der Waals surface area contributed by atoms with Crippen LogP contribution in [0.25, 0.3) is 0 Å². The van der Waals surface area contributed by atoms with Crippen LogP contribution in [0.3, 0.4) is 0 Å². The molecule has 5 nitrogen and oxygen atoms in total. The number of aliphatic imine (C=N–C) groups is 1. The molecule has 25 heavy (non-hydrogen) atoms. The average Bonchev–Trinajstić information content (AvgIpc) is 2.96. The van der Waals surface area contributed by atoms with Gasteiger partial charge in [0, 0.05) is 26.7 Å². The van der Waals surface area contributed by atoms with E-state index >= 15 is 0 Å². The average molecular weight is 459 g/mol. The van der Waals surface area contributed by atoms with Crippen molar-refractivity contribution in [2.75, 3.05) is 33.8 Å². The quantitative estimate of drug-likeness (QED) is 0.326. The molecule has 6 heteroatoms. The monoisotopic (exact) mass is 459 g/mol. The number of ether oxygens (including phenoxy) is 1. The summed E-state index contributed by atoms with van der Waals surface area (Å²) in [6.07, 6.45) is 0. The minimum Gasteiger partial charge on any atom is -0.469 e. The van der Waals surface area contributed by atoms with Gasteiger partial charge in [0.1, 0.15) is 0 Å². The van der Waals surface area contributed by atoms with Gasteiger partial charge in [-0.15, -0.1) is 24.0 Å². The van der Waals surface area contributed by atoms with Gasteiger partial charge in [-0.25, -0.2) is 0 Å². The number of nitrogens with one attached hydrogen (secondary N) is 1. The Morgan fingerprint density at radius 3 is 2.76 bits per heavy atom. The Balaban J connectivity index is 0.00000312. The highest BCUT2D eigenvalue weighted by molar-refractivity contribution is 14.0. The van der Waals surface area contributed by atoms with Crippen molar-refractivity contribution in [2.45, 2.75) is 26.7 Å². The molecule has 1 aromatic carbocycles. The van der Waals surface area contributed by atoms with Crippen LogP contribution in [0.5, 0.6) is 0 Å². The second kappa shape index (κ2) is 9.99. The minimum absolute atomic E-state index is 0. The van der Waals surface area contributed by atoms with Crippen LogP contribution in [-0.4, -0.2) is 50.6 Å². The number of carbonyl (C=O) groups excluding carboxylic acids is 1. The number of benzene rings is 1. The summed E-state index contributed by atoms with van der Waals surface area (Å²) >= 11 is 0. The number of likely N-dealkylation sites (tertiary alicyclic amines) is 1. The normalized spacial score (nSPS) is 21.5. The van der Waals surface area contributed by atoms with E-state index in [4.69, 9.17) is 4.74 Å². The van der Waals surface area contributed by atoms with Gasteiger partial charge in [-0.2, -0.15) is 0 Å². The fourth-order valence-electron chi connectivity index (χ4n) is 3.27. The van der Waals surface area contributed by atoms with Gasteiger partial charge in [0.2, 0.25) is 0 Å². The zero-order valence-electron chi connectivity index (χ0n) is 15.8. The van der Waals surface area contributed by atoms with Crippen molar-refractivity contribution in [2.24, 2.45) is 16.8 Å². The maximum atomic E-state index is 11.9. The Morgan fingerprint density at radius 2 is 2.16 bits per heavy atom. The van der Waals surface area contributed by atoms with Gasteiger partial charge >= 0.3 is 5.97 Å². The van der Waals surface area contributed by atoms with E-state index in [1.165, 1.54) is 18.2 Å². The molecule has 1 aliphatic rings. The highest BCUT2D eigenvalue weighted by Crippen LogP contribution is 2.24. The Bertz CT molecular complexity index is 606. The first-order valence-corrected chi connectivity index (χ1v) is 8.56. The van der Waals surface area contributed by atoms with E-state index in [1.807, 2.05) is 0 Å². The van der Waals surface area contributed by atoms with E-state index in [1.54, 1.807) is 7.05 Å². The molecule has 1 aliphatic heterocycles. The van der Waals surface area contributed by atoms with E-state index in [-0.39, 0.29) is 41.8 Å². The van der Waals surface area contributed by atoms with Gasteiger partial charge in [-0.05, 0) is 24.3 Å². The molecule has 1 heterocycles. The first-order valence-electron chi connectivity index (χ1n) is 8.56. The molecule has 1 fully saturated rings. The standard InChI is InChI=1S/C19H29N3O2.HI/c1-13-7-6-8-16(9-13)14(2)10-21-19(20-4)22-11-15(3)17(12-22)18(23)24-5;/h6-9,14-15,17H,10-12H2,1-5H3,(H,20,21);1H. The number of aryl methyl sites for hydroxylation is 1. The van der Waals surface area contributed by atoms with E-state index in [2.05, 4.69) is 60.2 Å². The van der Waals surface area contributed by atoms with Crippen molar-refractivity contribution in [1.29, 1.82) is 0 Å². The van der Waals surface area contributed by atoms with E-state index in [0.29, 0.717) is 12.5 Å². The second-order valence-corrected chi connectivity index (χ2v) is 6.76. The lowest BCUT2D eigenvalue weighted by atomic mass is 9.99. The zero-order chi connectivity index (χ0) is 17.7. The molecule has 1 N–H and O–H groups in total. The fourth-order valence-corrected chi connectivity index (χ4v) is 3.27. The molecule has 0 saturated carbocycles. The largest absolute Gasteiger partial charge is 0.469 e. The summed E-state index contributed by atoms with van der Waals surface area (Å²) in [5, 5.41) is 3.45. The van der Waals surface area contributed by atoms with Crippen LogP contribution in [-0.2, 0) is 9.53 Å². The summed E-state index contributed by atoms with van der Waals surface area (Å²) in [5.74, 6) is 1.30. The Hall–Kier alpha value is -1.31. The highest BCUT2D eigenvalue weighted by Gasteiger charge is 2.36. The van der Waals surface area contributed by atoms with Crippen molar-refractivity contribution in [1.82, 2.24) is 10.2 Å². The van der Waals surface area contributed by atoms with Crippen LogP contribution >= 0.6 is 24.0 Å². The van der Waals surface area contributed by atoms with Crippen molar-refractivity contribution in [3.63, 3.8) is 0 Å². The molecule has 3 unspecified atom stereocenters.